The van der Waals surface area contributed by atoms with Crippen molar-refractivity contribution in [3.63, 3.8) is 0 Å². The molecule has 2 N–H and O–H groups in total. The molecule has 1 aromatic carbocycles. The minimum Gasteiger partial charge on any atom is -0.491 e. The van der Waals surface area contributed by atoms with Crippen molar-refractivity contribution in [3.8, 4) is 5.75 Å². The summed E-state index contributed by atoms with van der Waals surface area (Å²) in [4.78, 5) is 0. The minimum atomic E-state index is -0.270. The van der Waals surface area contributed by atoms with Crippen molar-refractivity contribution in [1.29, 1.82) is 0 Å². The molecule has 1 aliphatic heterocycles. The van der Waals surface area contributed by atoms with Gasteiger partial charge in [-0.05, 0) is 63.5 Å². The highest BCUT2D eigenvalue weighted by Gasteiger charge is 2.24. The van der Waals surface area contributed by atoms with Crippen LogP contribution in [-0.2, 0) is 0 Å². The number of halogens is 1. The fourth-order valence-corrected chi connectivity index (χ4v) is 2.84. The third-order valence-electron chi connectivity index (χ3n) is 3.78. The van der Waals surface area contributed by atoms with Gasteiger partial charge >= 0.3 is 0 Å². The van der Waals surface area contributed by atoms with Crippen molar-refractivity contribution in [2.24, 2.45) is 5.92 Å². The lowest BCUT2D eigenvalue weighted by molar-refractivity contribution is 0.291. The van der Waals surface area contributed by atoms with Crippen LogP contribution in [0.25, 0.3) is 0 Å². The van der Waals surface area contributed by atoms with Crippen LogP contribution < -0.4 is 15.4 Å². The molecule has 0 aliphatic carbocycles. The number of benzene rings is 1. The second-order valence-corrected chi connectivity index (χ2v) is 4.98. The molecule has 0 aromatic heterocycles. The van der Waals surface area contributed by atoms with Gasteiger partial charge < -0.3 is 15.4 Å². The summed E-state index contributed by atoms with van der Waals surface area (Å²) in [5.41, 5.74) is 1.01. The maximum atomic E-state index is 13.9. The Balaban J connectivity index is 2.15. The summed E-state index contributed by atoms with van der Waals surface area (Å²) in [5, 5.41) is 6.69. The lowest BCUT2D eigenvalue weighted by Crippen LogP contribution is -2.35. The van der Waals surface area contributed by atoms with E-state index in [2.05, 4.69) is 10.6 Å². The predicted molar refractivity (Wildman–Crippen MR) is 75.0 cm³/mol. The Bertz CT molecular complexity index is 405. The van der Waals surface area contributed by atoms with Crippen LogP contribution >= 0.6 is 0 Å². The molecule has 4 heteroatoms. The van der Waals surface area contributed by atoms with Crippen molar-refractivity contribution >= 4 is 0 Å². The van der Waals surface area contributed by atoms with Gasteiger partial charge in [0.15, 0.2) is 11.6 Å². The van der Waals surface area contributed by atoms with Crippen LogP contribution in [0.4, 0.5) is 4.39 Å². The summed E-state index contributed by atoms with van der Waals surface area (Å²) in [7, 11) is 1.95. The van der Waals surface area contributed by atoms with E-state index in [1.54, 1.807) is 12.1 Å². The van der Waals surface area contributed by atoms with E-state index >= 15 is 0 Å². The lowest BCUT2D eigenvalue weighted by atomic mass is 9.86. The maximum absolute atomic E-state index is 13.9. The van der Waals surface area contributed by atoms with Crippen LogP contribution in [0.3, 0.4) is 0 Å². The highest BCUT2D eigenvalue weighted by Crippen LogP contribution is 2.30. The zero-order valence-corrected chi connectivity index (χ0v) is 11.7. The normalized spacial score (nSPS) is 18.3. The third kappa shape index (κ3) is 3.45. The van der Waals surface area contributed by atoms with Gasteiger partial charge in [-0.3, -0.25) is 0 Å². The quantitative estimate of drug-likeness (QED) is 0.859. The largest absolute Gasteiger partial charge is 0.491 e. The zero-order chi connectivity index (χ0) is 13.7. The smallest absolute Gasteiger partial charge is 0.165 e. The van der Waals surface area contributed by atoms with Gasteiger partial charge in [0.05, 0.1) is 6.61 Å². The van der Waals surface area contributed by atoms with E-state index < -0.39 is 0 Å². The van der Waals surface area contributed by atoms with Crippen LogP contribution in [-0.4, -0.2) is 26.7 Å². The lowest BCUT2D eigenvalue weighted by Gasteiger charge is -2.31. The number of hydrogen-bond donors (Lipinski definition) is 2. The number of hydrogen-bond acceptors (Lipinski definition) is 3. The van der Waals surface area contributed by atoms with Gasteiger partial charge in [0.2, 0.25) is 0 Å². The molecule has 1 unspecified atom stereocenters. The fraction of sp³-hybridized carbons (Fsp3) is 0.600. The second-order valence-electron chi connectivity index (χ2n) is 4.98. The van der Waals surface area contributed by atoms with E-state index in [1.807, 2.05) is 20.0 Å². The predicted octanol–water partition coefficient (Wildman–Crippen LogP) is 2.48. The van der Waals surface area contributed by atoms with Crippen molar-refractivity contribution in [2.75, 3.05) is 26.7 Å². The van der Waals surface area contributed by atoms with Gasteiger partial charge in [-0.1, -0.05) is 6.07 Å². The average molecular weight is 266 g/mol. The molecule has 1 atom stereocenters. The summed E-state index contributed by atoms with van der Waals surface area (Å²) in [6, 6.07) is 5.53. The Kier molecular flexibility index (Phi) is 5.16. The Morgan fingerprint density at radius 2 is 2.16 bits per heavy atom. The SMILES string of the molecule is CCOc1ccc(C(NC)C2CCNCC2)cc1F. The Hall–Kier alpha value is -1.13. The summed E-state index contributed by atoms with van der Waals surface area (Å²) >= 11 is 0. The van der Waals surface area contributed by atoms with Crippen LogP contribution in [0.5, 0.6) is 5.75 Å². The monoisotopic (exact) mass is 266 g/mol. The number of nitrogens with one attached hydrogen (secondary N) is 2. The summed E-state index contributed by atoms with van der Waals surface area (Å²) in [5.74, 6) is 0.628. The van der Waals surface area contributed by atoms with E-state index in [0.717, 1.165) is 31.5 Å². The van der Waals surface area contributed by atoms with E-state index in [4.69, 9.17) is 4.74 Å². The molecule has 1 heterocycles. The van der Waals surface area contributed by atoms with Gasteiger partial charge in [-0.15, -0.1) is 0 Å². The zero-order valence-electron chi connectivity index (χ0n) is 11.7. The number of rotatable bonds is 5. The van der Waals surface area contributed by atoms with Gasteiger partial charge in [0.25, 0.3) is 0 Å². The van der Waals surface area contributed by atoms with Crippen molar-refractivity contribution in [1.82, 2.24) is 10.6 Å². The molecule has 19 heavy (non-hydrogen) atoms. The Morgan fingerprint density at radius 3 is 2.74 bits per heavy atom. The van der Waals surface area contributed by atoms with Crippen LogP contribution in [0.15, 0.2) is 18.2 Å². The molecular weight excluding hydrogens is 243 g/mol. The maximum Gasteiger partial charge on any atom is 0.165 e. The van der Waals surface area contributed by atoms with E-state index in [9.17, 15) is 4.39 Å². The van der Waals surface area contributed by atoms with Crippen molar-refractivity contribution in [3.05, 3.63) is 29.6 Å². The van der Waals surface area contributed by atoms with Crippen LogP contribution in [0.1, 0.15) is 31.4 Å². The summed E-state index contributed by atoms with van der Waals surface area (Å²) < 4.78 is 19.2. The molecule has 2 rings (SSSR count). The van der Waals surface area contributed by atoms with E-state index in [1.165, 1.54) is 0 Å². The average Bonchev–Trinajstić information content (AvgIpc) is 2.44. The van der Waals surface area contributed by atoms with Crippen LogP contribution in [0.2, 0.25) is 0 Å². The second kappa shape index (κ2) is 6.87. The first-order valence-corrected chi connectivity index (χ1v) is 7.06. The molecule has 0 bridgehead atoms. The first-order chi connectivity index (χ1) is 9.26. The van der Waals surface area contributed by atoms with Crippen LogP contribution in [0, 0.1) is 11.7 Å². The first-order valence-electron chi connectivity index (χ1n) is 7.06. The topological polar surface area (TPSA) is 33.3 Å². The highest BCUT2D eigenvalue weighted by molar-refractivity contribution is 5.31. The highest BCUT2D eigenvalue weighted by atomic mass is 19.1. The van der Waals surface area contributed by atoms with Crippen molar-refractivity contribution < 1.29 is 9.13 Å². The Labute approximate surface area is 114 Å². The molecule has 0 radical (unpaired) electrons. The van der Waals surface area contributed by atoms with Gasteiger partial charge in [-0.2, -0.15) is 0 Å². The first kappa shape index (κ1) is 14.3. The summed E-state index contributed by atoms with van der Waals surface area (Å²) in [6.07, 6.45) is 2.25. The molecular formula is C15H23FN2O. The standard InChI is InChI=1S/C15H23FN2O/c1-3-19-14-5-4-12(10-13(14)16)15(17-2)11-6-8-18-9-7-11/h4-5,10-11,15,17-18H,3,6-9H2,1-2H3. The van der Waals surface area contributed by atoms with Crippen molar-refractivity contribution in [2.45, 2.75) is 25.8 Å². The molecule has 1 aromatic rings. The summed E-state index contributed by atoms with van der Waals surface area (Å²) in [6.45, 7) is 4.43. The minimum absolute atomic E-state index is 0.215. The van der Waals surface area contributed by atoms with Gasteiger partial charge in [0, 0.05) is 6.04 Å². The molecule has 1 fully saturated rings. The molecule has 0 spiro atoms. The number of piperidine rings is 1. The molecule has 0 saturated carbocycles. The van der Waals surface area contributed by atoms with Gasteiger partial charge in [-0.25, -0.2) is 4.39 Å². The molecule has 3 nitrogen and oxygen atoms in total. The number of ether oxygens (including phenoxy) is 1. The van der Waals surface area contributed by atoms with Gasteiger partial charge in [0.1, 0.15) is 0 Å². The van der Waals surface area contributed by atoms with E-state index in [-0.39, 0.29) is 11.9 Å². The molecule has 106 valence electrons. The molecule has 0 amide bonds. The van der Waals surface area contributed by atoms with E-state index in [0.29, 0.717) is 18.3 Å². The fourth-order valence-electron chi connectivity index (χ4n) is 2.84. The molecule has 1 aliphatic rings. The Morgan fingerprint density at radius 1 is 1.42 bits per heavy atom. The third-order valence-corrected chi connectivity index (χ3v) is 3.78. The molecule has 1 saturated heterocycles.